The average Bonchev–Trinajstić information content (AvgIpc) is 2.38. The van der Waals surface area contributed by atoms with E-state index in [0.717, 1.165) is 17.1 Å². The van der Waals surface area contributed by atoms with Gasteiger partial charge in [-0.1, -0.05) is 31.6 Å². The number of halogens is 1. The van der Waals surface area contributed by atoms with Crippen molar-refractivity contribution in [3.05, 3.63) is 35.1 Å². The number of aliphatic hydroxyl groups is 1. The molecule has 0 aromatic heterocycles. The van der Waals surface area contributed by atoms with Crippen LogP contribution >= 0.6 is 11.8 Å². The maximum Gasteiger partial charge on any atom is 0.124 e. The van der Waals surface area contributed by atoms with Gasteiger partial charge in [0.1, 0.15) is 5.82 Å². The molecule has 0 heterocycles. The molecule has 0 bridgehead atoms. The summed E-state index contributed by atoms with van der Waals surface area (Å²) in [6.07, 6.45) is 4.14. The fraction of sp³-hybridized carbons (Fsp3) is 0.500. The Kier molecular flexibility index (Phi) is 8.36. The van der Waals surface area contributed by atoms with E-state index in [4.69, 9.17) is 5.11 Å². The molecular formula is C16H21FOS. The first-order chi connectivity index (χ1) is 9.26. The third kappa shape index (κ3) is 7.25. The maximum absolute atomic E-state index is 13.4. The van der Waals surface area contributed by atoms with Crippen LogP contribution in [0.15, 0.2) is 18.2 Å². The van der Waals surface area contributed by atoms with Gasteiger partial charge in [0.05, 0.1) is 6.61 Å². The Bertz CT molecular complexity index is 434. The van der Waals surface area contributed by atoms with Crippen LogP contribution in [-0.2, 0) is 5.75 Å². The molecule has 1 rings (SSSR count). The fourth-order valence-corrected chi connectivity index (χ4v) is 2.63. The van der Waals surface area contributed by atoms with Crippen LogP contribution in [0.4, 0.5) is 4.39 Å². The molecule has 0 amide bonds. The van der Waals surface area contributed by atoms with Crippen LogP contribution < -0.4 is 0 Å². The van der Waals surface area contributed by atoms with E-state index in [9.17, 15) is 4.39 Å². The van der Waals surface area contributed by atoms with Crippen molar-refractivity contribution in [2.45, 2.75) is 38.4 Å². The average molecular weight is 280 g/mol. The molecule has 0 aliphatic rings. The Morgan fingerprint density at radius 2 is 2.11 bits per heavy atom. The molecule has 0 saturated heterocycles. The first-order valence-corrected chi connectivity index (χ1v) is 7.88. The molecule has 0 aliphatic carbocycles. The standard InChI is InChI=1S/C16H21FOS/c1-2-3-6-9-19-13-15-10-14(7-4-5-8-18)11-16(17)12-15/h10-12,18H,2-3,5-6,8-9,13H2,1H3. The lowest BCUT2D eigenvalue weighted by Crippen LogP contribution is -1.88. The minimum absolute atomic E-state index is 0.0441. The SMILES string of the molecule is CCCCCSCc1cc(F)cc(C#CCCO)c1. The van der Waals surface area contributed by atoms with Crippen molar-refractivity contribution >= 4 is 11.8 Å². The first-order valence-electron chi connectivity index (χ1n) is 6.73. The van der Waals surface area contributed by atoms with Crippen molar-refractivity contribution in [3.63, 3.8) is 0 Å². The highest BCUT2D eigenvalue weighted by Crippen LogP contribution is 2.17. The highest BCUT2D eigenvalue weighted by atomic mass is 32.2. The van der Waals surface area contributed by atoms with E-state index in [1.54, 1.807) is 6.07 Å². The van der Waals surface area contributed by atoms with Gasteiger partial charge in [0.25, 0.3) is 0 Å². The van der Waals surface area contributed by atoms with Crippen molar-refractivity contribution in [2.24, 2.45) is 0 Å². The largest absolute Gasteiger partial charge is 0.395 e. The Balaban J connectivity index is 2.52. The summed E-state index contributed by atoms with van der Waals surface area (Å²) >= 11 is 1.84. The van der Waals surface area contributed by atoms with Crippen LogP contribution in [0.1, 0.15) is 43.7 Å². The number of rotatable bonds is 7. The number of hydrogen-bond donors (Lipinski definition) is 1. The second-order valence-corrected chi connectivity index (χ2v) is 5.49. The fourth-order valence-electron chi connectivity index (χ4n) is 1.67. The lowest BCUT2D eigenvalue weighted by molar-refractivity contribution is 0.305. The summed E-state index contributed by atoms with van der Waals surface area (Å²) in [5.74, 6) is 7.41. The summed E-state index contributed by atoms with van der Waals surface area (Å²) in [6, 6.07) is 4.94. The predicted molar refractivity (Wildman–Crippen MR) is 80.7 cm³/mol. The van der Waals surface area contributed by atoms with E-state index in [0.29, 0.717) is 12.0 Å². The minimum Gasteiger partial charge on any atom is -0.395 e. The molecule has 0 spiro atoms. The van der Waals surface area contributed by atoms with Crippen molar-refractivity contribution in [2.75, 3.05) is 12.4 Å². The third-order valence-corrected chi connectivity index (χ3v) is 3.70. The summed E-state index contributed by atoms with van der Waals surface area (Å²) in [5, 5.41) is 8.66. The van der Waals surface area contributed by atoms with E-state index < -0.39 is 0 Å². The van der Waals surface area contributed by atoms with Gasteiger partial charge in [-0.15, -0.1) is 0 Å². The van der Waals surface area contributed by atoms with Crippen LogP contribution in [0, 0.1) is 17.7 Å². The highest BCUT2D eigenvalue weighted by molar-refractivity contribution is 7.98. The molecule has 1 aromatic rings. The predicted octanol–water partition coefficient (Wildman–Crippen LogP) is 3.98. The van der Waals surface area contributed by atoms with Gasteiger partial charge in [-0.25, -0.2) is 4.39 Å². The monoisotopic (exact) mass is 280 g/mol. The van der Waals surface area contributed by atoms with Crippen molar-refractivity contribution in [3.8, 4) is 11.8 Å². The zero-order valence-electron chi connectivity index (χ0n) is 11.4. The van der Waals surface area contributed by atoms with E-state index in [2.05, 4.69) is 18.8 Å². The summed E-state index contributed by atoms with van der Waals surface area (Å²) in [7, 11) is 0. The van der Waals surface area contributed by atoms with Gasteiger partial charge in [-0.2, -0.15) is 11.8 Å². The quantitative estimate of drug-likeness (QED) is 0.602. The van der Waals surface area contributed by atoms with Gasteiger partial charge < -0.3 is 5.11 Å². The van der Waals surface area contributed by atoms with Gasteiger partial charge in [0.2, 0.25) is 0 Å². The molecule has 19 heavy (non-hydrogen) atoms. The zero-order valence-corrected chi connectivity index (χ0v) is 12.2. The molecule has 0 saturated carbocycles. The van der Waals surface area contributed by atoms with Crippen molar-refractivity contribution in [1.82, 2.24) is 0 Å². The number of aliphatic hydroxyl groups excluding tert-OH is 1. The van der Waals surface area contributed by atoms with E-state index >= 15 is 0 Å². The summed E-state index contributed by atoms with van der Waals surface area (Å²) in [6.45, 7) is 2.23. The number of hydrogen-bond acceptors (Lipinski definition) is 2. The lowest BCUT2D eigenvalue weighted by atomic mass is 10.1. The van der Waals surface area contributed by atoms with E-state index in [-0.39, 0.29) is 12.4 Å². The molecular weight excluding hydrogens is 259 g/mol. The van der Waals surface area contributed by atoms with Crippen LogP contribution in [0.5, 0.6) is 0 Å². The number of benzene rings is 1. The summed E-state index contributed by atoms with van der Waals surface area (Å²) in [5.41, 5.74) is 1.67. The molecule has 0 fully saturated rings. The number of unbranched alkanes of at least 4 members (excludes halogenated alkanes) is 2. The molecule has 0 aliphatic heterocycles. The first kappa shape index (κ1) is 16.1. The summed E-state index contributed by atoms with van der Waals surface area (Å²) < 4.78 is 13.4. The molecule has 1 N–H and O–H groups in total. The Morgan fingerprint density at radius 3 is 2.84 bits per heavy atom. The lowest BCUT2D eigenvalue weighted by Gasteiger charge is -2.03. The molecule has 0 radical (unpaired) electrons. The second-order valence-electron chi connectivity index (χ2n) is 4.38. The number of thioether (sulfide) groups is 1. The molecule has 1 aromatic carbocycles. The second kappa shape index (κ2) is 9.89. The maximum atomic E-state index is 13.4. The van der Waals surface area contributed by atoms with Gasteiger partial charge in [0, 0.05) is 17.7 Å². The Morgan fingerprint density at radius 1 is 1.26 bits per heavy atom. The van der Waals surface area contributed by atoms with Crippen molar-refractivity contribution in [1.29, 1.82) is 0 Å². The minimum atomic E-state index is -0.236. The molecule has 104 valence electrons. The Labute approximate surface area is 119 Å². The third-order valence-electron chi connectivity index (χ3n) is 2.59. The van der Waals surface area contributed by atoms with Crippen LogP contribution in [0.25, 0.3) is 0 Å². The van der Waals surface area contributed by atoms with Gasteiger partial charge in [0.15, 0.2) is 0 Å². The molecule has 0 atom stereocenters. The molecule has 1 nitrogen and oxygen atoms in total. The van der Waals surface area contributed by atoms with E-state index in [1.807, 2.05) is 17.8 Å². The van der Waals surface area contributed by atoms with Crippen molar-refractivity contribution < 1.29 is 9.50 Å². The zero-order chi connectivity index (χ0) is 13.9. The smallest absolute Gasteiger partial charge is 0.124 e. The normalized spacial score (nSPS) is 10.1. The van der Waals surface area contributed by atoms with Crippen LogP contribution in [0.3, 0.4) is 0 Å². The molecule has 0 unspecified atom stereocenters. The summed E-state index contributed by atoms with van der Waals surface area (Å²) in [4.78, 5) is 0. The van der Waals surface area contributed by atoms with Crippen LogP contribution in [-0.4, -0.2) is 17.5 Å². The molecule has 3 heteroatoms. The van der Waals surface area contributed by atoms with Gasteiger partial charge in [-0.05, 0) is 35.9 Å². The highest BCUT2D eigenvalue weighted by Gasteiger charge is 2.00. The van der Waals surface area contributed by atoms with E-state index in [1.165, 1.54) is 25.3 Å². The van der Waals surface area contributed by atoms with Gasteiger partial charge >= 0.3 is 0 Å². The van der Waals surface area contributed by atoms with Crippen LogP contribution in [0.2, 0.25) is 0 Å². The topological polar surface area (TPSA) is 20.2 Å². The van der Waals surface area contributed by atoms with Gasteiger partial charge in [-0.3, -0.25) is 0 Å². The Hall–Kier alpha value is -0.980.